The molecule has 0 bridgehead atoms. The largest absolute Gasteiger partial charge is 0.478 e. The number of aromatic nitrogens is 2. The highest BCUT2D eigenvalue weighted by molar-refractivity contribution is 5.86. The zero-order chi connectivity index (χ0) is 23.6. The number of nitrogens with one attached hydrogen (secondary N) is 1. The number of hydrogen-bond donors (Lipinski definition) is 3. The molecule has 0 saturated carbocycles. The van der Waals surface area contributed by atoms with Crippen LogP contribution in [0.15, 0.2) is 60.7 Å². The average molecular weight is 445 g/mol. The van der Waals surface area contributed by atoms with E-state index in [-0.39, 0.29) is 0 Å². The second kappa shape index (κ2) is 11.6. The van der Waals surface area contributed by atoms with Gasteiger partial charge in [0.05, 0.1) is 11.4 Å². The van der Waals surface area contributed by atoms with Crippen LogP contribution in [-0.4, -0.2) is 32.1 Å². The van der Waals surface area contributed by atoms with E-state index in [0.29, 0.717) is 0 Å². The van der Waals surface area contributed by atoms with Gasteiger partial charge in [-0.05, 0) is 29.7 Å². The molecule has 2 aromatic carbocycles. The number of carbonyl (C=O) groups is 2. The Morgan fingerprint density at radius 2 is 1.36 bits per heavy atom. The molecule has 6 nitrogen and oxygen atoms in total. The minimum atomic E-state index is -0.983. The molecular weight excluding hydrogens is 416 g/mol. The van der Waals surface area contributed by atoms with E-state index in [2.05, 4.69) is 11.9 Å². The standard InChI is InChI=1S/C27H28N2O4/c1-2-3-4-5-6-23-28-26(21-13-7-19(8-14-21)11-17-24(30)31)27(29-23)22-15-9-20(10-16-22)12-18-25(32)33/h7-18H,2-6H2,1H3,(H,28,29)(H,30,31)(H,32,33)/b17-11+,18-12+. The summed E-state index contributed by atoms with van der Waals surface area (Å²) in [5, 5.41) is 17.6. The summed E-state index contributed by atoms with van der Waals surface area (Å²) >= 11 is 0. The Hall–Kier alpha value is -3.93. The van der Waals surface area contributed by atoms with Crippen molar-refractivity contribution in [2.24, 2.45) is 0 Å². The molecular formula is C27H28N2O4. The van der Waals surface area contributed by atoms with Crippen LogP contribution in [0.5, 0.6) is 0 Å². The zero-order valence-electron chi connectivity index (χ0n) is 18.6. The van der Waals surface area contributed by atoms with Gasteiger partial charge >= 0.3 is 11.9 Å². The maximum Gasteiger partial charge on any atom is 0.328 e. The van der Waals surface area contributed by atoms with Gasteiger partial charge in [0.1, 0.15) is 5.82 Å². The molecule has 0 amide bonds. The normalized spacial score (nSPS) is 11.4. The van der Waals surface area contributed by atoms with E-state index in [0.717, 1.165) is 70.9 Å². The van der Waals surface area contributed by atoms with Crippen molar-refractivity contribution in [3.63, 3.8) is 0 Å². The quantitative estimate of drug-likeness (QED) is 0.246. The molecule has 3 rings (SSSR count). The maximum absolute atomic E-state index is 10.8. The first-order chi connectivity index (χ1) is 16.0. The van der Waals surface area contributed by atoms with Gasteiger partial charge in [-0.3, -0.25) is 0 Å². The summed E-state index contributed by atoms with van der Waals surface area (Å²) in [5.41, 5.74) is 5.23. The summed E-state index contributed by atoms with van der Waals surface area (Å²) in [6.07, 6.45) is 10.8. The summed E-state index contributed by atoms with van der Waals surface area (Å²) in [5.74, 6) is -1.03. The van der Waals surface area contributed by atoms with Gasteiger partial charge in [0.25, 0.3) is 0 Å². The van der Waals surface area contributed by atoms with Crippen LogP contribution in [-0.2, 0) is 16.0 Å². The minimum Gasteiger partial charge on any atom is -0.478 e. The third-order valence-corrected chi connectivity index (χ3v) is 5.24. The fraction of sp³-hybridized carbons (Fsp3) is 0.222. The van der Waals surface area contributed by atoms with Gasteiger partial charge in [-0.25, -0.2) is 14.6 Å². The number of hydrogen-bond acceptors (Lipinski definition) is 3. The number of carboxylic acid groups (broad SMARTS) is 2. The van der Waals surface area contributed by atoms with Crippen molar-refractivity contribution < 1.29 is 19.8 Å². The molecule has 0 aliphatic heterocycles. The van der Waals surface area contributed by atoms with Crippen LogP contribution in [0.4, 0.5) is 0 Å². The lowest BCUT2D eigenvalue weighted by Gasteiger charge is -2.05. The first kappa shape index (κ1) is 23.7. The minimum absolute atomic E-state index is 0.799. The number of aromatic amines is 1. The van der Waals surface area contributed by atoms with Crippen LogP contribution in [0, 0.1) is 0 Å². The second-order valence-electron chi connectivity index (χ2n) is 7.80. The smallest absolute Gasteiger partial charge is 0.328 e. The van der Waals surface area contributed by atoms with Gasteiger partial charge in [-0.2, -0.15) is 0 Å². The zero-order valence-corrected chi connectivity index (χ0v) is 18.6. The number of aryl methyl sites for hydroxylation is 1. The molecule has 3 aromatic rings. The van der Waals surface area contributed by atoms with Gasteiger partial charge < -0.3 is 15.2 Å². The van der Waals surface area contributed by atoms with E-state index in [4.69, 9.17) is 15.2 Å². The maximum atomic E-state index is 10.8. The molecule has 170 valence electrons. The van der Waals surface area contributed by atoms with Gasteiger partial charge in [0, 0.05) is 29.7 Å². The summed E-state index contributed by atoms with van der Waals surface area (Å²) in [6.45, 7) is 2.19. The average Bonchev–Trinajstić information content (AvgIpc) is 3.24. The molecule has 6 heteroatoms. The van der Waals surface area contributed by atoms with Crippen molar-refractivity contribution in [1.82, 2.24) is 9.97 Å². The lowest BCUT2D eigenvalue weighted by atomic mass is 10.0. The first-order valence-corrected chi connectivity index (χ1v) is 11.1. The van der Waals surface area contributed by atoms with Crippen LogP contribution in [0.25, 0.3) is 34.7 Å². The van der Waals surface area contributed by atoms with Crippen LogP contribution < -0.4 is 0 Å². The van der Waals surface area contributed by atoms with E-state index in [1.54, 1.807) is 12.2 Å². The number of imidazole rings is 1. The Labute approximate surface area is 193 Å². The van der Waals surface area contributed by atoms with Crippen LogP contribution >= 0.6 is 0 Å². The van der Waals surface area contributed by atoms with E-state index in [1.807, 2.05) is 48.5 Å². The number of benzene rings is 2. The summed E-state index contributed by atoms with van der Waals surface area (Å²) in [4.78, 5) is 29.9. The number of carboxylic acids is 2. The van der Waals surface area contributed by atoms with Crippen molar-refractivity contribution in [3.05, 3.63) is 77.6 Å². The molecule has 0 radical (unpaired) electrons. The Kier molecular flexibility index (Phi) is 8.36. The predicted molar refractivity (Wildman–Crippen MR) is 131 cm³/mol. The van der Waals surface area contributed by atoms with E-state index in [9.17, 15) is 9.59 Å². The lowest BCUT2D eigenvalue weighted by Crippen LogP contribution is -1.89. The number of aliphatic carboxylic acids is 2. The van der Waals surface area contributed by atoms with E-state index < -0.39 is 11.9 Å². The molecule has 0 fully saturated rings. The third kappa shape index (κ3) is 7.04. The fourth-order valence-corrected chi connectivity index (χ4v) is 3.53. The number of unbranched alkanes of at least 4 members (excludes halogenated alkanes) is 3. The topological polar surface area (TPSA) is 103 Å². The van der Waals surface area contributed by atoms with Crippen LogP contribution in [0.1, 0.15) is 49.6 Å². The number of nitrogens with zero attached hydrogens (tertiary/aromatic N) is 1. The van der Waals surface area contributed by atoms with Crippen molar-refractivity contribution >= 4 is 24.1 Å². The summed E-state index contributed by atoms with van der Waals surface area (Å²) in [7, 11) is 0. The van der Waals surface area contributed by atoms with Gasteiger partial charge in [-0.15, -0.1) is 0 Å². The Bertz CT molecular complexity index is 1050. The molecule has 0 unspecified atom stereocenters. The third-order valence-electron chi connectivity index (χ3n) is 5.24. The summed E-state index contributed by atoms with van der Waals surface area (Å²) in [6, 6.07) is 15.3. The van der Waals surface area contributed by atoms with Gasteiger partial charge in [0.2, 0.25) is 0 Å². The van der Waals surface area contributed by atoms with Crippen molar-refractivity contribution in [1.29, 1.82) is 0 Å². The highest BCUT2D eigenvalue weighted by Crippen LogP contribution is 2.31. The number of H-pyrrole nitrogens is 1. The summed E-state index contributed by atoms with van der Waals surface area (Å²) < 4.78 is 0. The molecule has 33 heavy (non-hydrogen) atoms. The SMILES string of the molecule is CCCCCCc1nc(-c2ccc(/C=C/C(=O)O)cc2)c(-c2ccc(/C=C/C(=O)O)cc2)[nH]1. The highest BCUT2D eigenvalue weighted by atomic mass is 16.4. The Morgan fingerprint density at radius 3 is 1.88 bits per heavy atom. The number of rotatable bonds is 11. The van der Waals surface area contributed by atoms with Crippen LogP contribution in [0.2, 0.25) is 0 Å². The molecule has 0 spiro atoms. The van der Waals surface area contributed by atoms with Crippen molar-refractivity contribution in [3.8, 4) is 22.5 Å². The van der Waals surface area contributed by atoms with E-state index in [1.165, 1.54) is 12.8 Å². The van der Waals surface area contributed by atoms with Crippen molar-refractivity contribution in [2.45, 2.75) is 39.0 Å². The fourth-order valence-electron chi connectivity index (χ4n) is 3.53. The van der Waals surface area contributed by atoms with Crippen molar-refractivity contribution in [2.75, 3.05) is 0 Å². The Balaban J connectivity index is 1.92. The first-order valence-electron chi connectivity index (χ1n) is 11.1. The monoisotopic (exact) mass is 444 g/mol. The molecule has 0 atom stereocenters. The molecule has 0 aliphatic rings. The second-order valence-corrected chi connectivity index (χ2v) is 7.80. The molecule has 3 N–H and O–H groups in total. The van der Waals surface area contributed by atoms with Gasteiger partial charge in [-0.1, -0.05) is 74.7 Å². The van der Waals surface area contributed by atoms with Crippen LogP contribution in [0.3, 0.4) is 0 Å². The predicted octanol–water partition coefficient (Wildman–Crippen LogP) is 6.06. The molecule has 1 heterocycles. The Morgan fingerprint density at radius 1 is 0.818 bits per heavy atom. The molecule has 0 aliphatic carbocycles. The molecule has 0 saturated heterocycles. The highest BCUT2D eigenvalue weighted by Gasteiger charge is 2.14. The molecule has 1 aromatic heterocycles. The lowest BCUT2D eigenvalue weighted by molar-refractivity contribution is -0.132. The van der Waals surface area contributed by atoms with Gasteiger partial charge in [0.15, 0.2) is 0 Å². The van der Waals surface area contributed by atoms with E-state index >= 15 is 0 Å².